The predicted molar refractivity (Wildman–Crippen MR) is 167 cm³/mol. The monoisotopic (exact) mass is 525 g/mol. The zero-order chi connectivity index (χ0) is 31.7. The highest BCUT2D eigenvalue weighted by Gasteiger charge is 2.24. The van der Waals surface area contributed by atoms with E-state index in [1.165, 1.54) is 11.1 Å². The van der Waals surface area contributed by atoms with Crippen LogP contribution in [0.2, 0.25) is 0 Å². The van der Waals surface area contributed by atoms with Crippen LogP contribution < -0.4 is 0 Å². The Morgan fingerprint density at radius 1 is 0.725 bits per heavy atom. The van der Waals surface area contributed by atoms with E-state index in [-0.39, 0.29) is 41.6 Å². The fourth-order valence-corrected chi connectivity index (χ4v) is 5.73. The Labute approximate surface area is 241 Å². The molecule has 3 heteroatoms. The van der Waals surface area contributed by atoms with Gasteiger partial charge >= 0.3 is 0 Å². The number of rotatable bonds is 5. The number of furan rings is 1. The fraction of sp³-hybridized carbons (Fsp3) is 0.162. The van der Waals surface area contributed by atoms with Crippen molar-refractivity contribution in [2.24, 2.45) is 0 Å². The van der Waals surface area contributed by atoms with Crippen LogP contribution in [0.15, 0.2) is 113 Å². The maximum absolute atomic E-state index is 8.47. The van der Waals surface area contributed by atoms with Gasteiger partial charge in [0.15, 0.2) is 0 Å². The number of nitrogens with zero attached hydrogens (tertiary/aromatic N) is 2. The van der Waals surface area contributed by atoms with Crippen LogP contribution in [0.5, 0.6) is 0 Å². The van der Waals surface area contributed by atoms with Crippen LogP contribution in [0, 0.1) is 0 Å². The van der Waals surface area contributed by atoms with Gasteiger partial charge in [-0.15, -0.1) is 0 Å². The highest BCUT2D eigenvalue weighted by molar-refractivity contribution is 6.10. The van der Waals surface area contributed by atoms with Crippen molar-refractivity contribution in [3.05, 3.63) is 120 Å². The second-order valence-electron chi connectivity index (χ2n) is 10.8. The number of benzene rings is 5. The molecule has 0 atom stereocenters. The third kappa shape index (κ3) is 3.84. The number of hydrogen-bond acceptors (Lipinski definition) is 2. The molecule has 0 amide bonds. The molecule has 0 aliphatic heterocycles. The van der Waals surface area contributed by atoms with Crippen molar-refractivity contribution >= 4 is 33.0 Å². The molecule has 0 unspecified atom stereocenters. The van der Waals surface area contributed by atoms with E-state index < -0.39 is 6.04 Å². The molecule has 5 aromatic carbocycles. The molecular formula is C37H32N2O. The Kier molecular flexibility index (Phi) is 4.63. The Morgan fingerprint density at radius 3 is 2.20 bits per heavy atom. The minimum Gasteiger partial charge on any atom is -0.455 e. The van der Waals surface area contributed by atoms with Gasteiger partial charge in [-0.1, -0.05) is 106 Å². The molecular weight excluding hydrogens is 488 g/mol. The summed E-state index contributed by atoms with van der Waals surface area (Å²) in [6.07, 6.45) is 0. The van der Waals surface area contributed by atoms with Gasteiger partial charge in [0.05, 0.1) is 29.1 Å². The molecule has 0 N–H and O–H groups in total. The summed E-state index contributed by atoms with van der Waals surface area (Å²) in [7, 11) is 0. The lowest BCUT2D eigenvalue weighted by Gasteiger charge is -2.22. The molecule has 40 heavy (non-hydrogen) atoms. The summed E-state index contributed by atoms with van der Waals surface area (Å²) < 4.78 is 50.1. The summed E-state index contributed by atoms with van der Waals surface area (Å²) in [5.74, 6) is 1.35. The van der Waals surface area contributed by atoms with E-state index in [0.29, 0.717) is 16.7 Å². The Balaban J connectivity index is 1.52. The molecule has 0 saturated carbocycles. The number of aromatic nitrogens is 2. The molecule has 7 aromatic rings. The first-order valence-electron chi connectivity index (χ1n) is 16.2. The molecule has 0 spiro atoms. The number of imidazole rings is 1. The second kappa shape index (κ2) is 9.53. The molecule has 196 valence electrons. The molecule has 3 nitrogen and oxygen atoms in total. The normalized spacial score (nSPS) is 13.7. The SMILES string of the molecule is [2H]c1c([2H])c([2H])c(-c2ccc3c(c2)oc2c(-c4nc5ccccc5n4-c4c(C(C)C)cccc4C(C)C)cccc23)c([2H])c1[2H]. The highest BCUT2D eigenvalue weighted by Crippen LogP contribution is 2.41. The smallest absolute Gasteiger partial charge is 0.149 e. The minimum atomic E-state index is -0.411. The van der Waals surface area contributed by atoms with Crippen molar-refractivity contribution in [3.63, 3.8) is 0 Å². The van der Waals surface area contributed by atoms with Crippen LogP contribution in [-0.2, 0) is 0 Å². The molecule has 0 fully saturated rings. The lowest BCUT2D eigenvalue weighted by molar-refractivity contribution is 0.669. The van der Waals surface area contributed by atoms with Crippen molar-refractivity contribution in [3.8, 4) is 28.2 Å². The van der Waals surface area contributed by atoms with E-state index in [1.807, 2.05) is 42.5 Å². The summed E-state index contributed by atoms with van der Waals surface area (Å²) in [4.78, 5) is 5.19. The predicted octanol–water partition coefficient (Wildman–Crippen LogP) is 10.5. The fourth-order valence-electron chi connectivity index (χ4n) is 5.73. The third-order valence-electron chi connectivity index (χ3n) is 7.66. The quantitative estimate of drug-likeness (QED) is 0.224. The average molecular weight is 526 g/mol. The van der Waals surface area contributed by atoms with E-state index in [4.69, 9.17) is 16.3 Å². The minimum absolute atomic E-state index is 0.150. The maximum Gasteiger partial charge on any atom is 0.149 e. The zero-order valence-electron chi connectivity index (χ0n) is 28.0. The zero-order valence-corrected chi connectivity index (χ0v) is 23.0. The average Bonchev–Trinajstić information content (AvgIpc) is 3.60. The van der Waals surface area contributed by atoms with Gasteiger partial charge in [-0.3, -0.25) is 4.57 Å². The standard InChI is InChI=1S/C37H32N2O/c1-23(2)27-14-10-15-28(24(3)4)35(27)39-33-19-9-8-18-32(33)38-37(39)31-17-11-16-30-29-21-20-26(22-34(29)40-36(30)31)25-12-6-5-7-13-25/h5-24H,1-4H3/i5D,6D,7D,12D,13D. The van der Waals surface area contributed by atoms with Gasteiger partial charge in [-0.05, 0) is 64.4 Å². The lowest BCUT2D eigenvalue weighted by Crippen LogP contribution is -2.08. The number of hydrogen-bond donors (Lipinski definition) is 0. The van der Waals surface area contributed by atoms with Crippen molar-refractivity contribution in [2.45, 2.75) is 39.5 Å². The van der Waals surface area contributed by atoms with Crippen LogP contribution in [0.3, 0.4) is 0 Å². The van der Waals surface area contributed by atoms with Crippen LogP contribution in [0.25, 0.3) is 61.2 Å². The summed E-state index contributed by atoms with van der Waals surface area (Å²) in [5, 5.41) is 1.78. The molecule has 0 saturated heterocycles. The molecule has 2 heterocycles. The second-order valence-corrected chi connectivity index (χ2v) is 10.8. The van der Waals surface area contributed by atoms with E-state index in [2.05, 4.69) is 56.5 Å². The van der Waals surface area contributed by atoms with Crippen LogP contribution in [0.1, 0.15) is 57.5 Å². The van der Waals surface area contributed by atoms with Gasteiger partial charge in [0.1, 0.15) is 17.0 Å². The maximum atomic E-state index is 8.47. The first-order valence-corrected chi connectivity index (χ1v) is 13.7. The largest absolute Gasteiger partial charge is 0.455 e. The van der Waals surface area contributed by atoms with Gasteiger partial charge in [0, 0.05) is 10.8 Å². The van der Waals surface area contributed by atoms with Gasteiger partial charge < -0.3 is 4.42 Å². The van der Waals surface area contributed by atoms with E-state index >= 15 is 0 Å². The third-order valence-corrected chi connectivity index (χ3v) is 7.66. The van der Waals surface area contributed by atoms with Crippen molar-refractivity contribution in [1.82, 2.24) is 9.55 Å². The van der Waals surface area contributed by atoms with Gasteiger partial charge in [-0.25, -0.2) is 4.98 Å². The van der Waals surface area contributed by atoms with Crippen molar-refractivity contribution < 1.29 is 11.3 Å². The Hall–Kier alpha value is -4.63. The first-order chi connectivity index (χ1) is 21.6. The topological polar surface area (TPSA) is 31.0 Å². The molecule has 2 aromatic heterocycles. The molecule has 7 rings (SSSR count). The van der Waals surface area contributed by atoms with Crippen LogP contribution in [0.4, 0.5) is 0 Å². The van der Waals surface area contributed by atoms with E-state index in [0.717, 1.165) is 38.9 Å². The number of fused-ring (bicyclic) bond motifs is 4. The first kappa shape index (κ1) is 19.4. The van der Waals surface area contributed by atoms with Gasteiger partial charge in [-0.2, -0.15) is 0 Å². The van der Waals surface area contributed by atoms with Crippen LogP contribution >= 0.6 is 0 Å². The lowest BCUT2D eigenvalue weighted by atomic mass is 9.92. The molecule has 0 aliphatic rings. The number of para-hydroxylation sites is 4. The highest BCUT2D eigenvalue weighted by atomic mass is 16.3. The van der Waals surface area contributed by atoms with Gasteiger partial charge in [0.2, 0.25) is 0 Å². The van der Waals surface area contributed by atoms with Crippen molar-refractivity contribution in [1.29, 1.82) is 0 Å². The van der Waals surface area contributed by atoms with Gasteiger partial charge in [0.25, 0.3) is 0 Å². The Morgan fingerprint density at radius 2 is 1.45 bits per heavy atom. The summed E-state index contributed by atoms with van der Waals surface area (Å²) in [6, 6.07) is 24.6. The molecule has 0 radical (unpaired) electrons. The molecule has 0 aliphatic carbocycles. The van der Waals surface area contributed by atoms with E-state index in [9.17, 15) is 0 Å². The summed E-state index contributed by atoms with van der Waals surface area (Å²) in [5.41, 5.74) is 8.26. The summed E-state index contributed by atoms with van der Waals surface area (Å²) in [6.45, 7) is 8.87. The summed E-state index contributed by atoms with van der Waals surface area (Å²) >= 11 is 0. The van der Waals surface area contributed by atoms with E-state index in [1.54, 1.807) is 12.1 Å². The van der Waals surface area contributed by atoms with Crippen LogP contribution in [-0.4, -0.2) is 9.55 Å². The molecule has 0 bridgehead atoms. The van der Waals surface area contributed by atoms with Crippen molar-refractivity contribution in [2.75, 3.05) is 0 Å². The Bertz CT molecular complexity index is 2240.